The van der Waals surface area contributed by atoms with Gasteiger partial charge in [-0.25, -0.2) is 9.69 Å². The molecule has 1 N–H and O–H groups in total. The molecule has 0 aliphatic carbocycles. The van der Waals surface area contributed by atoms with Gasteiger partial charge in [-0.3, -0.25) is 14.6 Å². The van der Waals surface area contributed by atoms with Crippen LogP contribution >= 0.6 is 0 Å². The highest BCUT2D eigenvalue weighted by Crippen LogP contribution is 2.33. The van der Waals surface area contributed by atoms with E-state index in [-0.39, 0.29) is 18.7 Å². The second kappa shape index (κ2) is 9.03. The largest absolute Gasteiger partial charge is 0.454 e. The first-order valence-electron chi connectivity index (χ1n) is 11.5. The van der Waals surface area contributed by atoms with Gasteiger partial charge in [-0.05, 0) is 43.0 Å². The van der Waals surface area contributed by atoms with Gasteiger partial charge in [0.05, 0.1) is 6.67 Å². The molecule has 0 aromatic heterocycles. The third-order valence-electron chi connectivity index (χ3n) is 6.75. The first kappa shape index (κ1) is 21.7. The zero-order chi connectivity index (χ0) is 22.8. The number of urea groups is 1. The summed E-state index contributed by atoms with van der Waals surface area (Å²) in [6, 6.07) is 15.8. The standard InChI is InChI=1S/C25H30N4O4/c1-25(10-9-19-5-3-2-4-6-19)23(30)29(24(31)26-25)17-28-13-11-27(12-14-28)16-20-7-8-21-22(15-20)33-18-32-21/h2-8,15H,9-14,16-18H2,1H3,(H,26,31). The Morgan fingerprint density at radius 2 is 1.64 bits per heavy atom. The minimum Gasteiger partial charge on any atom is -0.454 e. The first-order chi connectivity index (χ1) is 16.0. The zero-order valence-corrected chi connectivity index (χ0v) is 19.0. The van der Waals surface area contributed by atoms with Gasteiger partial charge >= 0.3 is 6.03 Å². The molecule has 3 aliphatic rings. The molecule has 33 heavy (non-hydrogen) atoms. The van der Waals surface area contributed by atoms with Crippen LogP contribution in [-0.2, 0) is 17.8 Å². The van der Waals surface area contributed by atoms with E-state index in [1.54, 1.807) is 0 Å². The Labute approximate surface area is 194 Å². The van der Waals surface area contributed by atoms with Crippen LogP contribution < -0.4 is 14.8 Å². The van der Waals surface area contributed by atoms with Crippen LogP contribution in [-0.4, -0.2) is 71.8 Å². The highest BCUT2D eigenvalue weighted by molar-refractivity contribution is 6.06. The Hall–Kier alpha value is -3.10. The van der Waals surface area contributed by atoms with Gasteiger partial charge in [0, 0.05) is 32.7 Å². The number of imide groups is 1. The summed E-state index contributed by atoms with van der Waals surface area (Å²) in [5.41, 5.74) is 1.50. The fourth-order valence-corrected chi connectivity index (χ4v) is 4.67. The highest BCUT2D eigenvalue weighted by Gasteiger charge is 2.47. The average molecular weight is 451 g/mol. The van der Waals surface area contributed by atoms with Crippen LogP contribution in [0.5, 0.6) is 11.5 Å². The number of hydrogen-bond acceptors (Lipinski definition) is 6. The summed E-state index contributed by atoms with van der Waals surface area (Å²) in [6.45, 7) is 6.66. The number of nitrogens with zero attached hydrogens (tertiary/aromatic N) is 3. The number of carbonyl (C=O) groups excluding carboxylic acids is 2. The van der Waals surface area contributed by atoms with E-state index in [4.69, 9.17) is 9.47 Å². The molecule has 2 fully saturated rings. The Kier molecular flexibility index (Phi) is 5.95. The Morgan fingerprint density at radius 3 is 2.42 bits per heavy atom. The van der Waals surface area contributed by atoms with Crippen molar-refractivity contribution in [3.63, 3.8) is 0 Å². The minimum atomic E-state index is -0.853. The van der Waals surface area contributed by atoms with Gasteiger partial charge in [0.2, 0.25) is 6.79 Å². The van der Waals surface area contributed by atoms with Gasteiger partial charge in [0.15, 0.2) is 11.5 Å². The van der Waals surface area contributed by atoms with Crippen molar-refractivity contribution in [1.29, 1.82) is 0 Å². The van der Waals surface area contributed by atoms with Crippen LogP contribution in [0.2, 0.25) is 0 Å². The van der Waals surface area contributed by atoms with Crippen molar-refractivity contribution in [2.45, 2.75) is 31.8 Å². The molecule has 8 nitrogen and oxygen atoms in total. The molecule has 0 bridgehead atoms. The topological polar surface area (TPSA) is 74.4 Å². The summed E-state index contributed by atoms with van der Waals surface area (Å²) in [7, 11) is 0. The summed E-state index contributed by atoms with van der Waals surface area (Å²) in [6.07, 6.45) is 1.33. The normalized spacial score (nSPS) is 23.2. The molecule has 1 atom stereocenters. The molecule has 174 valence electrons. The number of benzene rings is 2. The van der Waals surface area contributed by atoms with E-state index in [2.05, 4.69) is 21.2 Å². The monoisotopic (exact) mass is 450 g/mol. The molecular weight excluding hydrogens is 420 g/mol. The number of hydrogen-bond donors (Lipinski definition) is 1. The van der Waals surface area contributed by atoms with Crippen LogP contribution in [0.1, 0.15) is 24.5 Å². The molecule has 3 amide bonds. The van der Waals surface area contributed by atoms with Gasteiger partial charge in [-0.2, -0.15) is 0 Å². The van der Waals surface area contributed by atoms with Gasteiger partial charge in [0.1, 0.15) is 5.54 Å². The predicted octanol–water partition coefficient (Wildman–Crippen LogP) is 2.43. The molecule has 2 aromatic rings. The van der Waals surface area contributed by atoms with Crippen molar-refractivity contribution < 1.29 is 19.1 Å². The van der Waals surface area contributed by atoms with Gasteiger partial charge < -0.3 is 14.8 Å². The maximum Gasteiger partial charge on any atom is 0.326 e. The average Bonchev–Trinajstić information content (AvgIpc) is 3.38. The summed E-state index contributed by atoms with van der Waals surface area (Å²) in [4.78, 5) is 31.7. The van der Waals surface area contributed by atoms with Crippen molar-refractivity contribution in [3.8, 4) is 11.5 Å². The molecule has 0 radical (unpaired) electrons. The fourth-order valence-electron chi connectivity index (χ4n) is 4.67. The Bertz CT molecular complexity index is 1020. The smallest absolute Gasteiger partial charge is 0.326 e. The zero-order valence-electron chi connectivity index (χ0n) is 19.0. The van der Waals surface area contributed by atoms with E-state index in [1.807, 2.05) is 49.4 Å². The number of aryl methyl sites for hydroxylation is 1. The van der Waals surface area contributed by atoms with Crippen LogP contribution in [0, 0.1) is 0 Å². The van der Waals surface area contributed by atoms with Crippen molar-refractivity contribution in [2.24, 2.45) is 0 Å². The lowest BCUT2D eigenvalue weighted by Gasteiger charge is -2.36. The molecule has 2 saturated heterocycles. The quantitative estimate of drug-likeness (QED) is 0.654. The molecule has 3 aliphatic heterocycles. The third kappa shape index (κ3) is 4.67. The second-order valence-electron chi connectivity index (χ2n) is 9.20. The molecule has 5 rings (SSSR count). The maximum absolute atomic E-state index is 13.1. The predicted molar refractivity (Wildman–Crippen MR) is 123 cm³/mol. The molecular formula is C25H30N4O4. The van der Waals surface area contributed by atoms with E-state index in [0.29, 0.717) is 13.1 Å². The molecule has 0 spiro atoms. The van der Waals surface area contributed by atoms with Crippen molar-refractivity contribution >= 4 is 11.9 Å². The lowest BCUT2D eigenvalue weighted by Crippen LogP contribution is -2.51. The lowest BCUT2D eigenvalue weighted by atomic mass is 9.93. The van der Waals surface area contributed by atoms with E-state index in [1.165, 1.54) is 10.5 Å². The maximum atomic E-state index is 13.1. The van der Waals surface area contributed by atoms with Gasteiger partial charge in [-0.15, -0.1) is 0 Å². The summed E-state index contributed by atoms with van der Waals surface area (Å²) >= 11 is 0. The molecule has 8 heteroatoms. The van der Waals surface area contributed by atoms with E-state index < -0.39 is 5.54 Å². The number of fused-ring (bicyclic) bond motifs is 1. The van der Waals surface area contributed by atoms with Crippen LogP contribution in [0.3, 0.4) is 0 Å². The number of ether oxygens (including phenoxy) is 2. The molecule has 2 aromatic carbocycles. The fraction of sp³-hybridized carbons (Fsp3) is 0.440. The SMILES string of the molecule is CC1(CCc2ccccc2)NC(=O)N(CN2CCN(Cc3ccc4c(c3)OCO4)CC2)C1=O. The number of piperazine rings is 1. The van der Waals surface area contributed by atoms with Crippen LogP contribution in [0.25, 0.3) is 0 Å². The lowest BCUT2D eigenvalue weighted by molar-refractivity contribution is -0.132. The van der Waals surface area contributed by atoms with E-state index >= 15 is 0 Å². The number of nitrogens with one attached hydrogen (secondary N) is 1. The van der Waals surface area contributed by atoms with Crippen molar-refractivity contribution in [3.05, 3.63) is 59.7 Å². The second-order valence-corrected chi connectivity index (χ2v) is 9.20. The Balaban J connectivity index is 1.12. The third-order valence-corrected chi connectivity index (χ3v) is 6.75. The number of carbonyl (C=O) groups is 2. The van der Waals surface area contributed by atoms with E-state index in [0.717, 1.165) is 56.2 Å². The van der Waals surface area contributed by atoms with Gasteiger partial charge in [-0.1, -0.05) is 36.4 Å². The van der Waals surface area contributed by atoms with Crippen molar-refractivity contribution in [2.75, 3.05) is 39.6 Å². The highest BCUT2D eigenvalue weighted by atomic mass is 16.7. The van der Waals surface area contributed by atoms with Crippen molar-refractivity contribution in [1.82, 2.24) is 20.0 Å². The molecule has 3 heterocycles. The Morgan fingerprint density at radius 1 is 0.909 bits per heavy atom. The van der Waals surface area contributed by atoms with Gasteiger partial charge in [0.25, 0.3) is 5.91 Å². The van der Waals surface area contributed by atoms with E-state index in [9.17, 15) is 9.59 Å². The number of rotatable bonds is 7. The number of amides is 3. The minimum absolute atomic E-state index is 0.133. The summed E-state index contributed by atoms with van der Waals surface area (Å²) < 4.78 is 10.9. The summed E-state index contributed by atoms with van der Waals surface area (Å²) in [5, 5.41) is 2.93. The van der Waals surface area contributed by atoms with Crippen LogP contribution in [0.4, 0.5) is 4.79 Å². The molecule has 0 saturated carbocycles. The molecule has 1 unspecified atom stereocenters. The van der Waals surface area contributed by atoms with Crippen LogP contribution in [0.15, 0.2) is 48.5 Å². The first-order valence-corrected chi connectivity index (χ1v) is 11.5. The summed E-state index contributed by atoms with van der Waals surface area (Å²) in [5.74, 6) is 1.47.